The molecular weight excluding hydrogens is 138 g/mol. The first kappa shape index (κ1) is 7.02. The van der Waals surface area contributed by atoms with Crippen LogP contribution in [0.1, 0.15) is 0 Å². The highest BCUT2D eigenvalue weighted by atomic mass is 32.2. The van der Waals surface area contributed by atoms with Crippen molar-refractivity contribution < 1.29 is 8.42 Å². The average molecular weight is 149 g/mol. The molecule has 4 heteroatoms. The van der Waals surface area contributed by atoms with Crippen molar-refractivity contribution in [3.05, 3.63) is 0 Å². The Labute approximate surface area is 55.6 Å². The Morgan fingerprint density at radius 1 is 1.22 bits per heavy atom. The third kappa shape index (κ3) is 1.95. The van der Waals surface area contributed by atoms with E-state index in [1.807, 2.05) is 11.9 Å². The first-order valence-electron chi connectivity index (χ1n) is 2.99. The average Bonchev–Trinajstić information content (AvgIpc) is 1.78. The summed E-state index contributed by atoms with van der Waals surface area (Å²) in [7, 11) is -0.718. The normalized spacial score (nSPS) is 28.1. The van der Waals surface area contributed by atoms with Crippen molar-refractivity contribution in [2.75, 3.05) is 31.6 Å². The van der Waals surface area contributed by atoms with Crippen molar-refractivity contribution in [1.82, 2.24) is 4.90 Å². The van der Waals surface area contributed by atoms with Crippen LogP contribution in [-0.4, -0.2) is 45.0 Å². The summed E-state index contributed by atoms with van der Waals surface area (Å²) < 4.78 is 21.5. The van der Waals surface area contributed by atoms with Crippen LogP contribution in [0.3, 0.4) is 0 Å². The van der Waals surface area contributed by atoms with E-state index in [9.17, 15) is 8.42 Å². The summed E-state index contributed by atoms with van der Waals surface area (Å²) in [6, 6.07) is 0. The van der Waals surface area contributed by atoms with Crippen molar-refractivity contribution in [2.45, 2.75) is 0 Å². The van der Waals surface area contributed by atoms with Gasteiger partial charge in [-0.15, -0.1) is 0 Å². The molecular formula is C5H11NO2S. The molecule has 0 N–H and O–H groups in total. The van der Waals surface area contributed by atoms with Crippen molar-refractivity contribution in [1.29, 1.82) is 0 Å². The SMILES string of the molecule is CN1CCS(=O)(=O)CC1. The molecule has 0 radical (unpaired) electrons. The molecule has 1 heterocycles. The van der Waals surface area contributed by atoms with E-state index >= 15 is 0 Å². The lowest BCUT2D eigenvalue weighted by molar-refractivity contribution is 0.360. The molecule has 0 aliphatic carbocycles. The maximum absolute atomic E-state index is 10.8. The van der Waals surface area contributed by atoms with Crippen LogP contribution in [0.25, 0.3) is 0 Å². The maximum atomic E-state index is 10.8. The molecule has 1 aliphatic heterocycles. The lowest BCUT2D eigenvalue weighted by atomic mass is 10.6. The van der Waals surface area contributed by atoms with Gasteiger partial charge >= 0.3 is 0 Å². The second kappa shape index (κ2) is 2.27. The molecule has 0 atom stereocenters. The molecule has 0 unspecified atom stereocenters. The lowest BCUT2D eigenvalue weighted by Crippen LogP contribution is -2.37. The Kier molecular flexibility index (Phi) is 1.77. The minimum absolute atomic E-state index is 0.337. The lowest BCUT2D eigenvalue weighted by Gasteiger charge is -2.21. The second-order valence-corrected chi connectivity index (χ2v) is 4.76. The first-order chi connectivity index (χ1) is 4.10. The Hall–Kier alpha value is -0.0900. The Morgan fingerprint density at radius 3 is 2.00 bits per heavy atom. The van der Waals surface area contributed by atoms with Gasteiger partial charge in [-0.2, -0.15) is 0 Å². The molecule has 9 heavy (non-hydrogen) atoms. The standard InChI is InChI=1S/C5H11NO2S/c1-6-2-4-9(7,8)5-3-6/h2-5H2,1H3. The predicted octanol–water partition coefficient (Wildman–Crippen LogP) is -0.653. The van der Waals surface area contributed by atoms with Crippen LogP contribution >= 0.6 is 0 Å². The molecule has 0 aromatic heterocycles. The summed E-state index contributed by atoms with van der Waals surface area (Å²) in [6.45, 7) is 1.39. The number of nitrogens with zero attached hydrogens (tertiary/aromatic N) is 1. The molecule has 1 aliphatic rings. The quantitative estimate of drug-likeness (QED) is 0.459. The van der Waals surface area contributed by atoms with Gasteiger partial charge in [-0.1, -0.05) is 0 Å². The van der Waals surface area contributed by atoms with Gasteiger partial charge in [-0.3, -0.25) is 0 Å². The van der Waals surface area contributed by atoms with E-state index in [2.05, 4.69) is 0 Å². The predicted molar refractivity (Wildman–Crippen MR) is 36.2 cm³/mol. The van der Waals surface area contributed by atoms with Crippen LogP contribution in [-0.2, 0) is 9.84 Å². The molecule has 0 spiro atoms. The van der Waals surface area contributed by atoms with Gasteiger partial charge in [-0.25, -0.2) is 8.42 Å². The van der Waals surface area contributed by atoms with Crippen molar-refractivity contribution >= 4 is 9.84 Å². The minimum atomic E-state index is -2.66. The van der Waals surface area contributed by atoms with E-state index < -0.39 is 9.84 Å². The zero-order chi connectivity index (χ0) is 6.91. The highest BCUT2D eigenvalue weighted by Gasteiger charge is 2.17. The van der Waals surface area contributed by atoms with Crippen LogP contribution in [0, 0.1) is 0 Å². The third-order valence-corrected chi connectivity index (χ3v) is 3.18. The molecule has 0 bridgehead atoms. The zero-order valence-corrected chi connectivity index (χ0v) is 6.32. The molecule has 1 saturated heterocycles. The summed E-state index contributed by atoms with van der Waals surface area (Å²) in [4.78, 5) is 2.03. The van der Waals surface area contributed by atoms with Gasteiger partial charge in [0.2, 0.25) is 0 Å². The van der Waals surface area contributed by atoms with Crippen LogP contribution in [0.5, 0.6) is 0 Å². The van der Waals surface area contributed by atoms with Gasteiger partial charge in [0.15, 0.2) is 9.84 Å². The topological polar surface area (TPSA) is 37.4 Å². The fraction of sp³-hybridized carbons (Fsp3) is 1.00. The van der Waals surface area contributed by atoms with Crippen molar-refractivity contribution in [2.24, 2.45) is 0 Å². The summed E-state index contributed by atoms with van der Waals surface area (Å²) in [5.74, 6) is 0.674. The largest absolute Gasteiger partial charge is 0.304 e. The number of rotatable bonds is 0. The molecule has 0 amide bonds. The van der Waals surface area contributed by atoms with Crippen LogP contribution < -0.4 is 0 Å². The van der Waals surface area contributed by atoms with Crippen LogP contribution in [0.4, 0.5) is 0 Å². The molecule has 1 fully saturated rings. The van der Waals surface area contributed by atoms with Crippen LogP contribution in [0.15, 0.2) is 0 Å². The van der Waals surface area contributed by atoms with Gasteiger partial charge in [0.05, 0.1) is 11.5 Å². The molecule has 54 valence electrons. The first-order valence-corrected chi connectivity index (χ1v) is 4.81. The second-order valence-electron chi connectivity index (χ2n) is 2.46. The summed E-state index contributed by atoms with van der Waals surface area (Å²) in [5.41, 5.74) is 0. The van der Waals surface area contributed by atoms with Crippen LogP contribution in [0.2, 0.25) is 0 Å². The van der Waals surface area contributed by atoms with E-state index in [0.717, 1.165) is 0 Å². The zero-order valence-electron chi connectivity index (χ0n) is 5.50. The number of hydrogen-bond donors (Lipinski definition) is 0. The highest BCUT2D eigenvalue weighted by Crippen LogP contribution is 1.99. The van der Waals surface area contributed by atoms with E-state index in [1.165, 1.54) is 0 Å². The fourth-order valence-electron chi connectivity index (χ4n) is 0.804. The van der Waals surface area contributed by atoms with Crippen molar-refractivity contribution in [3.63, 3.8) is 0 Å². The Balaban J connectivity index is 2.55. The minimum Gasteiger partial charge on any atom is -0.304 e. The Morgan fingerprint density at radius 2 is 1.67 bits per heavy atom. The van der Waals surface area contributed by atoms with Gasteiger partial charge in [0.25, 0.3) is 0 Å². The maximum Gasteiger partial charge on any atom is 0.152 e. The Bertz CT molecular complexity index is 171. The van der Waals surface area contributed by atoms with Gasteiger partial charge in [0, 0.05) is 13.1 Å². The highest BCUT2D eigenvalue weighted by molar-refractivity contribution is 7.91. The summed E-state index contributed by atoms with van der Waals surface area (Å²) >= 11 is 0. The fourth-order valence-corrected chi connectivity index (χ4v) is 2.19. The number of sulfone groups is 1. The molecule has 0 aromatic carbocycles. The van der Waals surface area contributed by atoms with Crippen molar-refractivity contribution in [3.8, 4) is 0 Å². The van der Waals surface area contributed by atoms with E-state index in [-0.39, 0.29) is 0 Å². The monoisotopic (exact) mass is 149 g/mol. The van der Waals surface area contributed by atoms with E-state index in [0.29, 0.717) is 24.6 Å². The van der Waals surface area contributed by atoms with Gasteiger partial charge in [0.1, 0.15) is 0 Å². The molecule has 3 nitrogen and oxygen atoms in total. The summed E-state index contributed by atoms with van der Waals surface area (Å²) in [5, 5.41) is 0. The smallest absolute Gasteiger partial charge is 0.152 e. The summed E-state index contributed by atoms with van der Waals surface area (Å²) in [6.07, 6.45) is 0. The molecule has 0 saturated carbocycles. The van der Waals surface area contributed by atoms with E-state index in [4.69, 9.17) is 0 Å². The van der Waals surface area contributed by atoms with E-state index in [1.54, 1.807) is 0 Å². The number of hydrogen-bond acceptors (Lipinski definition) is 3. The third-order valence-electron chi connectivity index (χ3n) is 1.57. The molecule has 0 aromatic rings. The van der Waals surface area contributed by atoms with Gasteiger partial charge in [-0.05, 0) is 7.05 Å². The van der Waals surface area contributed by atoms with Gasteiger partial charge < -0.3 is 4.90 Å². The molecule has 1 rings (SSSR count).